The normalized spacial score (nSPS) is 13.3. The molecule has 0 aliphatic carbocycles. The first-order valence-electron chi connectivity index (χ1n) is 6.52. The Morgan fingerprint density at radius 2 is 1.24 bits per heavy atom. The van der Waals surface area contributed by atoms with Crippen LogP contribution in [0.3, 0.4) is 0 Å². The molecule has 0 rings (SSSR count). The van der Waals surface area contributed by atoms with Gasteiger partial charge in [0.2, 0.25) is 0 Å². The second kappa shape index (κ2) is 14.7. The maximum atomic E-state index is 3.82. The van der Waals surface area contributed by atoms with E-state index in [1.807, 2.05) is 30.4 Å². The van der Waals surface area contributed by atoms with Crippen molar-refractivity contribution in [1.82, 2.24) is 0 Å². The van der Waals surface area contributed by atoms with Gasteiger partial charge in [0, 0.05) is 0 Å². The van der Waals surface area contributed by atoms with Crippen molar-refractivity contribution in [3.05, 3.63) is 67.7 Å². The van der Waals surface area contributed by atoms with Gasteiger partial charge >= 0.3 is 0 Å². The molecule has 0 heterocycles. The van der Waals surface area contributed by atoms with Gasteiger partial charge in [-0.3, -0.25) is 0 Å². The molecule has 1 radical (unpaired) electrons. The Labute approximate surface area is 107 Å². The largest absolute Gasteiger partial charge is 0.0848 e. The average molecular weight is 229 g/mol. The lowest BCUT2D eigenvalue weighted by atomic mass is 10.2. The average Bonchev–Trinajstić information content (AvgIpc) is 2.35. The van der Waals surface area contributed by atoms with Crippen LogP contribution < -0.4 is 0 Å². The Balaban J connectivity index is 3.55. The summed E-state index contributed by atoms with van der Waals surface area (Å²) < 4.78 is 0. The second-order valence-corrected chi connectivity index (χ2v) is 3.77. The van der Waals surface area contributed by atoms with Crippen LogP contribution in [0.1, 0.15) is 39.0 Å². The molecular weight excluding hydrogens is 204 g/mol. The molecule has 0 saturated carbocycles. The fraction of sp³-hybridized carbons (Fsp3) is 0.353. The zero-order chi connectivity index (χ0) is 12.6. The molecule has 17 heavy (non-hydrogen) atoms. The summed E-state index contributed by atoms with van der Waals surface area (Å²) in [6.45, 7) is 5.95. The first kappa shape index (κ1) is 15.7. The van der Waals surface area contributed by atoms with Crippen LogP contribution in [0.4, 0.5) is 0 Å². The van der Waals surface area contributed by atoms with Crippen molar-refractivity contribution in [2.45, 2.75) is 39.0 Å². The molecule has 0 atom stereocenters. The Morgan fingerprint density at radius 1 is 0.706 bits per heavy atom. The fourth-order valence-electron chi connectivity index (χ4n) is 1.21. The van der Waals surface area contributed by atoms with E-state index in [-0.39, 0.29) is 0 Å². The van der Waals surface area contributed by atoms with Crippen LogP contribution in [0, 0.1) is 6.92 Å². The van der Waals surface area contributed by atoms with E-state index in [9.17, 15) is 0 Å². The molecule has 0 heteroatoms. The maximum Gasteiger partial charge on any atom is -0.0348 e. The minimum absolute atomic E-state index is 1.05. The van der Waals surface area contributed by atoms with E-state index < -0.39 is 0 Å². The third-order valence-corrected chi connectivity index (χ3v) is 2.16. The lowest BCUT2D eigenvalue weighted by molar-refractivity contribution is 0.760. The van der Waals surface area contributed by atoms with E-state index in [2.05, 4.69) is 44.2 Å². The zero-order valence-electron chi connectivity index (χ0n) is 11.0. The minimum atomic E-state index is 1.05. The number of hydrogen-bond acceptors (Lipinski definition) is 0. The Morgan fingerprint density at radius 3 is 1.76 bits per heavy atom. The first-order valence-corrected chi connectivity index (χ1v) is 6.52. The summed E-state index contributed by atoms with van der Waals surface area (Å²) in [6.07, 6.45) is 26.5. The third kappa shape index (κ3) is 14.7. The van der Waals surface area contributed by atoms with Crippen molar-refractivity contribution < 1.29 is 0 Å². The molecule has 0 fully saturated rings. The molecule has 0 spiro atoms. The Bertz CT molecular complexity index is 274. The molecule has 0 bridgehead atoms. The molecule has 0 amide bonds. The van der Waals surface area contributed by atoms with Crippen LogP contribution in [-0.4, -0.2) is 0 Å². The van der Waals surface area contributed by atoms with Gasteiger partial charge in [-0.2, -0.15) is 0 Å². The summed E-state index contributed by atoms with van der Waals surface area (Å²) in [5, 5.41) is 0. The highest BCUT2D eigenvalue weighted by Crippen LogP contribution is 1.99. The molecule has 0 aliphatic rings. The summed E-state index contributed by atoms with van der Waals surface area (Å²) in [5.74, 6) is 0. The van der Waals surface area contributed by atoms with E-state index in [1.165, 1.54) is 12.8 Å². The van der Waals surface area contributed by atoms with Gasteiger partial charge in [0.1, 0.15) is 0 Å². The molecule has 0 nitrogen and oxygen atoms in total. The summed E-state index contributed by atoms with van der Waals surface area (Å²) in [4.78, 5) is 0. The van der Waals surface area contributed by atoms with Crippen LogP contribution in [0.25, 0.3) is 0 Å². The molecule has 0 N–H and O–H groups in total. The van der Waals surface area contributed by atoms with Crippen LogP contribution in [-0.2, 0) is 0 Å². The number of allylic oxidation sites excluding steroid dienone is 10. The van der Waals surface area contributed by atoms with Gasteiger partial charge in [-0.1, -0.05) is 87.4 Å². The molecular formula is C17H25. The number of unbranched alkanes of at least 4 members (excludes halogenated alkanes) is 3. The maximum absolute atomic E-state index is 3.82. The van der Waals surface area contributed by atoms with E-state index >= 15 is 0 Å². The molecule has 0 aromatic rings. The van der Waals surface area contributed by atoms with Crippen LogP contribution in [0.2, 0.25) is 0 Å². The molecule has 0 unspecified atom stereocenters. The van der Waals surface area contributed by atoms with Crippen LogP contribution in [0.5, 0.6) is 0 Å². The fourth-order valence-corrected chi connectivity index (χ4v) is 1.21. The van der Waals surface area contributed by atoms with Crippen molar-refractivity contribution in [2.24, 2.45) is 0 Å². The standard InChI is InChI=1S/C17H25/c1-3-5-7-9-11-13-15-17-16-14-12-10-8-6-4-2/h6,8,10-17H,1,3-5,7,9H2,2H3/b8-6+,12-10+,13-11+,16-14+,17-15+. The highest BCUT2D eigenvalue weighted by atomic mass is 13.9. The van der Waals surface area contributed by atoms with Gasteiger partial charge in [-0.25, -0.2) is 0 Å². The molecule has 0 saturated heterocycles. The van der Waals surface area contributed by atoms with Crippen molar-refractivity contribution >= 4 is 0 Å². The Kier molecular flexibility index (Phi) is 13.6. The topological polar surface area (TPSA) is 0 Å². The highest BCUT2D eigenvalue weighted by Gasteiger charge is 1.79. The van der Waals surface area contributed by atoms with Gasteiger partial charge in [0.05, 0.1) is 0 Å². The third-order valence-electron chi connectivity index (χ3n) is 2.16. The van der Waals surface area contributed by atoms with Gasteiger partial charge in [0.15, 0.2) is 0 Å². The Hall–Kier alpha value is -1.30. The van der Waals surface area contributed by atoms with Gasteiger partial charge < -0.3 is 0 Å². The lowest BCUT2D eigenvalue weighted by Crippen LogP contribution is -1.69. The van der Waals surface area contributed by atoms with E-state index in [0.29, 0.717) is 0 Å². The molecule has 0 aromatic heterocycles. The smallest absolute Gasteiger partial charge is 0.0348 e. The van der Waals surface area contributed by atoms with Gasteiger partial charge in [0.25, 0.3) is 0 Å². The van der Waals surface area contributed by atoms with Crippen LogP contribution >= 0.6 is 0 Å². The van der Waals surface area contributed by atoms with Crippen LogP contribution in [0.15, 0.2) is 60.8 Å². The van der Waals surface area contributed by atoms with Gasteiger partial charge in [-0.15, -0.1) is 0 Å². The van der Waals surface area contributed by atoms with Crippen molar-refractivity contribution in [3.63, 3.8) is 0 Å². The highest BCUT2D eigenvalue weighted by molar-refractivity contribution is 5.17. The summed E-state index contributed by atoms with van der Waals surface area (Å²) in [6, 6.07) is 0. The quantitative estimate of drug-likeness (QED) is 0.358. The summed E-state index contributed by atoms with van der Waals surface area (Å²) in [5.41, 5.74) is 0. The first-order chi connectivity index (χ1) is 8.41. The predicted molar refractivity (Wildman–Crippen MR) is 79.8 cm³/mol. The van der Waals surface area contributed by atoms with Crippen molar-refractivity contribution in [1.29, 1.82) is 0 Å². The predicted octanol–water partition coefficient (Wildman–Crippen LogP) is 5.57. The molecule has 0 aliphatic heterocycles. The second-order valence-electron chi connectivity index (χ2n) is 3.77. The van der Waals surface area contributed by atoms with Crippen molar-refractivity contribution in [3.8, 4) is 0 Å². The lowest BCUT2D eigenvalue weighted by Gasteiger charge is -1.89. The number of rotatable bonds is 9. The molecule has 93 valence electrons. The zero-order valence-corrected chi connectivity index (χ0v) is 11.0. The monoisotopic (exact) mass is 229 g/mol. The van der Waals surface area contributed by atoms with E-state index in [0.717, 1.165) is 19.3 Å². The van der Waals surface area contributed by atoms with Gasteiger partial charge in [-0.05, 0) is 19.3 Å². The molecule has 0 aromatic carbocycles. The van der Waals surface area contributed by atoms with E-state index in [1.54, 1.807) is 0 Å². The number of hydrogen-bond donors (Lipinski definition) is 0. The summed E-state index contributed by atoms with van der Waals surface area (Å²) >= 11 is 0. The van der Waals surface area contributed by atoms with Crippen molar-refractivity contribution in [2.75, 3.05) is 0 Å². The van der Waals surface area contributed by atoms with E-state index in [4.69, 9.17) is 0 Å². The summed E-state index contributed by atoms with van der Waals surface area (Å²) in [7, 11) is 0. The SMILES string of the molecule is [CH2]CCCC/C=C/C=C/C=C/C=C/C=C/CC. The minimum Gasteiger partial charge on any atom is -0.0848 e.